The van der Waals surface area contributed by atoms with E-state index in [-0.39, 0.29) is 5.91 Å². The van der Waals surface area contributed by atoms with Crippen molar-refractivity contribution < 1.29 is 9.21 Å². The normalized spacial score (nSPS) is 16.5. The molecule has 0 radical (unpaired) electrons. The highest BCUT2D eigenvalue weighted by molar-refractivity contribution is 8.18. The number of halogens is 3. The molecule has 0 unspecified atom stereocenters. The zero-order chi connectivity index (χ0) is 22.0. The first-order chi connectivity index (χ1) is 15.0. The van der Waals surface area contributed by atoms with Crippen LogP contribution in [0.25, 0.3) is 17.4 Å². The molecule has 3 aromatic rings. The van der Waals surface area contributed by atoms with Crippen LogP contribution in [0.4, 0.5) is 5.69 Å². The number of nitrogens with zero attached hydrogens (tertiary/aromatic N) is 3. The van der Waals surface area contributed by atoms with Crippen molar-refractivity contribution in [2.24, 2.45) is 4.99 Å². The van der Waals surface area contributed by atoms with Crippen molar-refractivity contribution in [2.45, 2.75) is 0 Å². The number of amidine groups is 1. The number of furan rings is 1. The Morgan fingerprint density at radius 2 is 1.90 bits per heavy atom. The van der Waals surface area contributed by atoms with Gasteiger partial charge in [0.15, 0.2) is 5.17 Å². The van der Waals surface area contributed by atoms with E-state index in [4.69, 9.17) is 39.2 Å². The first-order valence-corrected chi connectivity index (χ1v) is 11.0. The second kappa shape index (κ2) is 9.32. The molecular weight excluding hydrogens is 477 g/mol. The molecule has 4 rings (SSSR count). The molecule has 3 heterocycles. The molecule has 1 saturated heterocycles. The van der Waals surface area contributed by atoms with Gasteiger partial charge in [-0.25, -0.2) is 4.99 Å². The summed E-state index contributed by atoms with van der Waals surface area (Å²) >= 11 is 19.9. The van der Waals surface area contributed by atoms with Crippen molar-refractivity contribution in [3.05, 3.63) is 87.2 Å². The lowest BCUT2D eigenvalue weighted by Crippen LogP contribution is -2.29. The Hall–Kier alpha value is -2.51. The summed E-state index contributed by atoms with van der Waals surface area (Å²) in [6, 6.07) is 10.4. The monoisotopic (exact) mass is 489 g/mol. The van der Waals surface area contributed by atoms with Crippen LogP contribution >= 0.6 is 46.6 Å². The van der Waals surface area contributed by atoms with Crippen LogP contribution in [0, 0.1) is 0 Å². The zero-order valence-corrected chi connectivity index (χ0v) is 19.0. The van der Waals surface area contributed by atoms with Crippen molar-refractivity contribution in [1.82, 2.24) is 9.88 Å². The summed E-state index contributed by atoms with van der Waals surface area (Å²) in [5.74, 6) is 0.796. The van der Waals surface area contributed by atoms with Gasteiger partial charge in [0, 0.05) is 25.0 Å². The van der Waals surface area contributed by atoms with E-state index in [9.17, 15) is 4.79 Å². The standard InChI is InChI=1S/C22H14Cl3N3O2S/c1-2-10-28-21(29)19(31-22(28)27-17-8-9-26-12-16(17)25)11-13-6-7-18(30-13)20-14(23)4-3-5-15(20)24/h2-9,11-12H,1,10H2/b19-11+,27-22?. The summed E-state index contributed by atoms with van der Waals surface area (Å²) in [7, 11) is 0. The highest BCUT2D eigenvalue weighted by Crippen LogP contribution is 2.38. The Bertz CT molecular complexity index is 1220. The Labute approximate surface area is 198 Å². The van der Waals surface area contributed by atoms with Crippen molar-refractivity contribution in [1.29, 1.82) is 0 Å². The molecule has 1 aromatic carbocycles. The Kier molecular flexibility index (Phi) is 6.53. The molecule has 0 saturated carbocycles. The smallest absolute Gasteiger partial charge is 0.267 e. The molecule has 0 bridgehead atoms. The van der Waals surface area contributed by atoms with E-state index >= 15 is 0 Å². The molecular formula is C22H14Cl3N3O2S. The third-order valence-electron chi connectivity index (χ3n) is 4.28. The van der Waals surface area contributed by atoms with Gasteiger partial charge in [-0.3, -0.25) is 14.7 Å². The number of aromatic nitrogens is 1. The predicted octanol–water partition coefficient (Wildman–Crippen LogP) is 7.09. The van der Waals surface area contributed by atoms with Gasteiger partial charge in [-0.2, -0.15) is 0 Å². The highest BCUT2D eigenvalue weighted by atomic mass is 35.5. The molecule has 9 heteroatoms. The molecule has 31 heavy (non-hydrogen) atoms. The number of hydrogen-bond acceptors (Lipinski definition) is 5. The third kappa shape index (κ3) is 4.57. The van der Waals surface area contributed by atoms with Crippen molar-refractivity contribution in [3.8, 4) is 11.3 Å². The van der Waals surface area contributed by atoms with E-state index in [0.717, 1.165) is 0 Å². The maximum absolute atomic E-state index is 12.9. The number of aliphatic imine (C=N–C) groups is 1. The van der Waals surface area contributed by atoms with Gasteiger partial charge in [0.2, 0.25) is 0 Å². The summed E-state index contributed by atoms with van der Waals surface area (Å²) in [6.45, 7) is 4.03. The summed E-state index contributed by atoms with van der Waals surface area (Å²) in [6.07, 6.45) is 6.39. The van der Waals surface area contributed by atoms with Gasteiger partial charge >= 0.3 is 0 Å². The summed E-state index contributed by atoms with van der Waals surface area (Å²) in [5.41, 5.74) is 1.12. The lowest BCUT2D eigenvalue weighted by molar-refractivity contribution is -0.121. The molecule has 0 aliphatic carbocycles. The number of carbonyl (C=O) groups excluding carboxylic acids is 1. The minimum absolute atomic E-state index is 0.206. The second-order valence-electron chi connectivity index (χ2n) is 6.34. The first kappa shape index (κ1) is 21.7. The van der Waals surface area contributed by atoms with Crippen LogP contribution in [0.1, 0.15) is 5.76 Å². The predicted molar refractivity (Wildman–Crippen MR) is 128 cm³/mol. The fourth-order valence-corrected chi connectivity index (χ4v) is 4.60. The second-order valence-corrected chi connectivity index (χ2v) is 8.57. The quantitative estimate of drug-likeness (QED) is 0.283. The maximum atomic E-state index is 12.9. The fourth-order valence-electron chi connectivity index (χ4n) is 2.87. The molecule has 5 nitrogen and oxygen atoms in total. The summed E-state index contributed by atoms with van der Waals surface area (Å²) in [4.78, 5) is 23.4. The lowest BCUT2D eigenvalue weighted by atomic mass is 10.2. The largest absolute Gasteiger partial charge is 0.457 e. The molecule has 2 aromatic heterocycles. The maximum Gasteiger partial charge on any atom is 0.267 e. The van der Waals surface area contributed by atoms with Crippen molar-refractivity contribution in [2.75, 3.05) is 6.54 Å². The van der Waals surface area contributed by atoms with Crippen LogP contribution < -0.4 is 0 Å². The summed E-state index contributed by atoms with van der Waals surface area (Å²) < 4.78 is 5.89. The molecule has 0 N–H and O–H groups in total. The van der Waals surface area contributed by atoms with Crippen LogP contribution in [-0.4, -0.2) is 27.5 Å². The van der Waals surface area contributed by atoms with E-state index in [1.807, 2.05) is 0 Å². The van der Waals surface area contributed by atoms with E-state index in [0.29, 0.717) is 54.5 Å². The Morgan fingerprint density at radius 3 is 2.61 bits per heavy atom. The molecule has 1 fully saturated rings. The minimum Gasteiger partial charge on any atom is -0.457 e. The van der Waals surface area contributed by atoms with Gasteiger partial charge in [0.05, 0.1) is 31.2 Å². The van der Waals surface area contributed by atoms with E-state index in [2.05, 4.69) is 16.6 Å². The van der Waals surface area contributed by atoms with Gasteiger partial charge in [0.25, 0.3) is 5.91 Å². The summed E-state index contributed by atoms with van der Waals surface area (Å²) in [5, 5.41) is 1.85. The van der Waals surface area contributed by atoms with Crippen LogP contribution in [0.5, 0.6) is 0 Å². The average Bonchev–Trinajstić information content (AvgIpc) is 3.30. The van der Waals surface area contributed by atoms with Gasteiger partial charge in [-0.05, 0) is 42.1 Å². The van der Waals surface area contributed by atoms with Gasteiger partial charge < -0.3 is 4.42 Å². The SMILES string of the molecule is C=CCN1C(=O)/C(=C\c2ccc(-c3c(Cl)cccc3Cl)o2)SC1=Nc1ccncc1Cl. The topological polar surface area (TPSA) is 58.7 Å². The number of thioether (sulfide) groups is 1. The molecule has 1 aliphatic heterocycles. The van der Waals surface area contributed by atoms with Crippen molar-refractivity contribution >= 4 is 69.4 Å². The highest BCUT2D eigenvalue weighted by Gasteiger charge is 2.33. The molecule has 1 aliphatic rings. The number of rotatable bonds is 5. The van der Waals surface area contributed by atoms with Crippen LogP contribution in [0.2, 0.25) is 15.1 Å². The van der Waals surface area contributed by atoms with Crippen LogP contribution in [0.15, 0.2) is 75.8 Å². The van der Waals surface area contributed by atoms with Gasteiger partial charge in [-0.1, -0.05) is 46.9 Å². The van der Waals surface area contributed by atoms with Crippen molar-refractivity contribution in [3.63, 3.8) is 0 Å². The number of pyridine rings is 1. The fraction of sp³-hybridized carbons (Fsp3) is 0.0455. The first-order valence-electron chi connectivity index (χ1n) is 9.02. The minimum atomic E-state index is -0.206. The van der Waals surface area contributed by atoms with Gasteiger partial charge in [-0.15, -0.1) is 6.58 Å². The Morgan fingerprint density at radius 1 is 1.13 bits per heavy atom. The number of amides is 1. The molecule has 0 spiro atoms. The van der Waals surface area contributed by atoms with Crippen LogP contribution in [0.3, 0.4) is 0 Å². The van der Waals surface area contributed by atoms with E-state index < -0.39 is 0 Å². The van der Waals surface area contributed by atoms with Crippen LogP contribution in [-0.2, 0) is 4.79 Å². The third-order valence-corrected chi connectivity index (χ3v) is 6.20. The van der Waals surface area contributed by atoms with Gasteiger partial charge in [0.1, 0.15) is 11.5 Å². The van der Waals surface area contributed by atoms with E-state index in [1.54, 1.807) is 54.7 Å². The number of hydrogen-bond donors (Lipinski definition) is 0. The van der Waals surface area contributed by atoms with E-state index in [1.165, 1.54) is 22.9 Å². The molecule has 0 atom stereocenters. The molecule has 156 valence electrons. The number of benzene rings is 1. The lowest BCUT2D eigenvalue weighted by Gasteiger charge is -2.12. The Balaban J connectivity index is 1.67. The molecule has 1 amide bonds. The number of carbonyl (C=O) groups is 1. The zero-order valence-electron chi connectivity index (χ0n) is 15.9. The average molecular weight is 491 g/mol.